The number of nitrogens with zero attached hydrogens (tertiary/aromatic N) is 1. The molecule has 1 fully saturated rings. The van der Waals surface area contributed by atoms with E-state index in [2.05, 4.69) is 10.3 Å². The van der Waals surface area contributed by atoms with Crippen molar-refractivity contribution in [2.45, 2.75) is 54.2 Å². The van der Waals surface area contributed by atoms with Gasteiger partial charge in [-0.1, -0.05) is 6.07 Å². The van der Waals surface area contributed by atoms with Crippen LogP contribution in [0.15, 0.2) is 47.6 Å². The number of halogens is 6. The molecule has 1 aliphatic carbocycles. The number of carbonyl (C=O) groups excluding carboxylic acids is 1. The lowest BCUT2D eigenvalue weighted by Gasteiger charge is -2.29. The highest BCUT2D eigenvalue weighted by atomic mass is 32.2. The number of rotatable bonds is 4. The van der Waals surface area contributed by atoms with E-state index in [0.717, 1.165) is 24.4 Å². The predicted molar refractivity (Wildman–Crippen MR) is 101 cm³/mol. The number of benzene rings is 1. The van der Waals surface area contributed by atoms with Crippen LogP contribution in [0.2, 0.25) is 0 Å². The van der Waals surface area contributed by atoms with E-state index >= 15 is 0 Å². The van der Waals surface area contributed by atoms with Gasteiger partial charge in [-0.25, -0.2) is 8.42 Å². The molecule has 1 heterocycles. The average Bonchev–Trinajstić information content (AvgIpc) is 2.73. The second-order valence-electron chi connectivity index (χ2n) is 7.48. The summed E-state index contributed by atoms with van der Waals surface area (Å²) in [6, 6.07) is 3.72. The lowest BCUT2D eigenvalue weighted by molar-refractivity contribution is -0.138. The summed E-state index contributed by atoms with van der Waals surface area (Å²) >= 11 is 0. The van der Waals surface area contributed by atoms with Gasteiger partial charge in [-0.2, -0.15) is 26.3 Å². The Bertz CT molecular complexity index is 1090. The number of hydrogen-bond acceptors (Lipinski definition) is 4. The summed E-state index contributed by atoms with van der Waals surface area (Å²) in [5, 5.41) is 1.64. The van der Waals surface area contributed by atoms with Crippen molar-refractivity contribution in [3.8, 4) is 0 Å². The second-order valence-corrected chi connectivity index (χ2v) is 9.71. The van der Waals surface area contributed by atoms with Crippen molar-refractivity contribution >= 4 is 15.7 Å². The Morgan fingerprint density at radius 1 is 0.906 bits per heavy atom. The lowest BCUT2D eigenvalue weighted by atomic mass is 9.94. The summed E-state index contributed by atoms with van der Waals surface area (Å²) < 4.78 is 103. The number of pyridine rings is 1. The summed E-state index contributed by atoms with van der Waals surface area (Å²) in [5.41, 5.74) is -2.41. The monoisotopic (exact) mass is 480 g/mol. The zero-order valence-corrected chi connectivity index (χ0v) is 17.2. The molecule has 0 saturated heterocycles. The molecule has 0 unspecified atom stereocenters. The van der Waals surface area contributed by atoms with E-state index in [4.69, 9.17) is 0 Å². The first-order valence-corrected chi connectivity index (χ1v) is 11.1. The molecule has 0 atom stereocenters. The highest BCUT2D eigenvalue weighted by Gasteiger charge is 2.36. The normalized spacial score (nSPS) is 20.1. The third kappa shape index (κ3) is 5.40. The molecule has 174 valence electrons. The lowest BCUT2D eigenvalue weighted by Crippen LogP contribution is -2.40. The predicted octanol–water partition coefficient (Wildman–Crippen LogP) is 4.63. The number of nitrogens with one attached hydrogen (secondary N) is 1. The highest BCUT2D eigenvalue weighted by molar-refractivity contribution is 7.92. The minimum Gasteiger partial charge on any atom is -0.349 e. The van der Waals surface area contributed by atoms with E-state index in [1.165, 1.54) is 0 Å². The third-order valence-electron chi connectivity index (χ3n) is 5.27. The zero-order chi connectivity index (χ0) is 23.7. The summed E-state index contributed by atoms with van der Waals surface area (Å²) in [4.78, 5) is 15.3. The van der Waals surface area contributed by atoms with Crippen molar-refractivity contribution in [2.75, 3.05) is 0 Å². The van der Waals surface area contributed by atoms with E-state index < -0.39 is 55.4 Å². The zero-order valence-electron chi connectivity index (χ0n) is 16.4. The van der Waals surface area contributed by atoms with Gasteiger partial charge in [0.1, 0.15) is 0 Å². The van der Waals surface area contributed by atoms with Crippen molar-refractivity contribution in [3.63, 3.8) is 0 Å². The molecule has 0 aliphatic heterocycles. The first-order valence-electron chi connectivity index (χ1n) is 9.53. The van der Waals surface area contributed by atoms with Crippen LogP contribution in [0.3, 0.4) is 0 Å². The molecular weight excluding hydrogens is 462 g/mol. The molecule has 5 nitrogen and oxygen atoms in total. The number of sulfone groups is 1. The fraction of sp³-hybridized carbons (Fsp3) is 0.400. The largest absolute Gasteiger partial charge is 0.417 e. The average molecular weight is 480 g/mol. The van der Waals surface area contributed by atoms with Crippen LogP contribution in [0, 0.1) is 0 Å². The molecule has 1 amide bonds. The third-order valence-corrected chi connectivity index (χ3v) is 7.53. The number of hydrogen-bond donors (Lipinski definition) is 1. The van der Waals surface area contributed by atoms with Gasteiger partial charge in [0, 0.05) is 18.4 Å². The van der Waals surface area contributed by atoms with Gasteiger partial charge in [-0.15, -0.1) is 0 Å². The molecule has 1 saturated carbocycles. The molecule has 2 aromatic rings. The van der Waals surface area contributed by atoms with E-state index in [1.54, 1.807) is 0 Å². The molecule has 0 radical (unpaired) electrons. The van der Waals surface area contributed by atoms with Gasteiger partial charge < -0.3 is 5.32 Å². The summed E-state index contributed by atoms with van der Waals surface area (Å²) in [7, 11) is -4.02. The molecular formula is C20H18F6N2O3S. The molecule has 1 N–H and O–H groups in total. The fourth-order valence-electron chi connectivity index (χ4n) is 3.55. The van der Waals surface area contributed by atoms with Crippen LogP contribution in [-0.2, 0) is 22.2 Å². The molecule has 12 heteroatoms. The Labute approximate surface area is 179 Å². The van der Waals surface area contributed by atoms with Gasteiger partial charge >= 0.3 is 12.4 Å². The fourth-order valence-corrected chi connectivity index (χ4v) is 5.38. The van der Waals surface area contributed by atoms with Crippen LogP contribution in [0.25, 0.3) is 0 Å². The van der Waals surface area contributed by atoms with Crippen molar-refractivity contribution < 1.29 is 39.6 Å². The molecule has 0 bridgehead atoms. The van der Waals surface area contributed by atoms with Crippen molar-refractivity contribution in [1.82, 2.24) is 10.3 Å². The quantitative estimate of drug-likeness (QED) is 0.648. The van der Waals surface area contributed by atoms with Crippen molar-refractivity contribution in [1.29, 1.82) is 0 Å². The number of alkyl halides is 6. The van der Waals surface area contributed by atoms with Gasteiger partial charge in [0.05, 0.1) is 26.8 Å². The number of amides is 1. The van der Waals surface area contributed by atoms with Gasteiger partial charge in [0.2, 0.25) is 0 Å². The Kier molecular flexibility index (Phi) is 6.55. The Morgan fingerprint density at radius 2 is 1.53 bits per heavy atom. The smallest absolute Gasteiger partial charge is 0.349 e. The SMILES string of the molecule is O=C(N[C@H]1CC[C@H](S(=O)(=O)c2cccc(C(F)(F)F)c2)CC1)c1cncc(C(F)(F)F)c1. The Hall–Kier alpha value is -2.63. The molecule has 1 aliphatic rings. The standard InChI is InChI=1S/C20H18F6N2O3S/c21-19(22,23)13-2-1-3-17(9-13)32(30,31)16-6-4-15(5-7-16)28-18(29)12-8-14(11-27-10-12)20(24,25)26/h1-3,8-11,15-16H,4-7H2,(H,28,29)/t15-,16-. The van der Waals surface area contributed by atoms with E-state index in [0.29, 0.717) is 18.3 Å². The summed E-state index contributed by atoms with van der Waals surface area (Å²) in [6.07, 6.45) is -7.14. The highest BCUT2D eigenvalue weighted by Crippen LogP contribution is 2.34. The van der Waals surface area contributed by atoms with Crippen molar-refractivity contribution in [2.24, 2.45) is 0 Å². The maximum atomic E-state index is 12.9. The minimum absolute atomic E-state index is 0.0877. The molecule has 1 aromatic carbocycles. The molecule has 0 spiro atoms. The van der Waals surface area contributed by atoms with Crippen molar-refractivity contribution in [3.05, 3.63) is 59.4 Å². The van der Waals surface area contributed by atoms with Gasteiger partial charge in [0.15, 0.2) is 9.84 Å². The van der Waals surface area contributed by atoms with Crippen LogP contribution in [0.1, 0.15) is 47.2 Å². The van der Waals surface area contributed by atoms with Crippen LogP contribution < -0.4 is 5.32 Å². The minimum atomic E-state index is -4.67. The Morgan fingerprint density at radius 3 is 2.12 bits per heavy atom. The Balaban J connectivity index is 1.65. The van der Waals surface area contributed by atoms with Gasteiger partial charge in [0.25, 0.3) is 5.91 Å². The first kappa shape index (κ1) is 24.0. The van der Waals surface area contributed by atoms with Crippen LogP contribution in [0.4, 0.5) is 26.3 Å². The summed E-state index contributed by atoms with van der Waals surface area (Å²) in [5.74, 6) is -0.771. The van der Waals surface area contributed by atoms with Gasteiger partial charge in [-0.3, -0.25) is 9.78 Å². The summed E-state index contributed by atoms with van der Waals surface area (Å²) in [6.45, 7) is 0. The maximum Gasteiger partial charge on any atom is 0.417 e. The maximum absolute atomic E-state index is 12.9. The molecule has 32 heavy (non-hydrogen) atoms. The van der Waals surface area contributed by atoms with E-state index in [9.17, 15) is 39.6 Å². The van der Waals surface area contributed by atoms with Crippen LogP contribution in [-0.4, -0.2) is 30.6 Å². The molecule has 3 rings (SSSR count). The first-order chi connectivity index (χ1) is 14.8. The number of carbonyl (C=O) groups is 1. The van der Waals surface area contributed by atoms with E-state index in [1.807, 2.05) is 0 Å². The van der Waals surface area contributed by atoms with Crippen LogP contribution in [0.5, 0.6) is 0 Å². The van der Waals surface area contributed by atoms with Gasteiger partial charge in [-0.05, 0) is 49.9 Å². The van der Waals surface area contributed by atoms with Crippen LogP contribution >= 0.6 is 0 Å². The van der Waals surface area contributed by atoms with E-state index in [-0.39, 0.29) is 31.2 Å². The number of aromatic nitrogens is 1. The molecule has 1 aromatic heterocycles. The topological polar surface area (TPSA) is 76.1 Å². The second kappa shape index (κ2) is 8.72.